The highest BCUT2D eigenvalue weighted by molar-refractivity contribution is 6.32. The Hall–Kier alpha value is -3.19. The van der Waals surface area contributed by atoms with Gasteiger partial charge in [0.1, 0.15) is 11.6 Å². The molecule has 0 aliphatic heterocycles. The lowest BCUT2D eigenvalue weighted by Gasteiger charge is -2.01. The third-order valence-corrected chi connectivity index (χ3v) is 3.68. The van der Waals surface area contributed by atoms with Crippen LogP contribution in [-0.4, -0.2) is 16.1 Å². The molecule has 0 saturated heterocycles. The highest BCUT2D eigenvalue weighted by Crippen LogP contribution is 2.16. The van der Waals surface area contributed by atoms with Crippen molar-refractivity contribution in [1.29, 1.82) is 0 Å². The summed E-state index contributed by atoms with van der Waals surface area (Å²) >= 11 is 6.00. The maximum atomic E-state index is 12.8. The van der Waals surface area contributed by atoms with Crippen molar-refractivity contribution in [3.05, 3.63) is 82.7 Å². The molecule has 2 aromatic carbocycles. The summed E-state index contributed by atoms with van der Waals surface area (Å²) in [7, 11) is 0. The van der Waals surface area contributed by atoms with Crippen LogP contribution in [0.25, 0.3) is 6.08 Å². The largest absolute Gasteiger partial charge is 0.485 e. The van der Waals surface area contributed by atoms with Crippen LogP contribution in [0.15, 0.2) is 59.1 Å². The van der Waals surface area contributed by atoms with Crippen molar-refractivity contribution < 1.29 is 23.2 Å². The topological polar surface area (TPSA) is 74.5 Å². The van der Waals surface area contributed by atoms with Gasteiger partial charge in [0.2, 0.25) is 5.82 Å². The minimum absolute atomic E-state index is 0.0372. The number of hydrogen-bond acceptors (Lipinski definition) is 6. The average Bonchev–Trinajstić information content (AvgIpc) is 3.13. The molecule has 3 aromatic rings. The van der Waals surface area contributed by atoms with Gasteiger partial charge in [0.15, 0.2) is 13.2 Å². The second kappa shape index (κ2) is 8.95. The summed E-state index contributed by atoms with van der Waals surface area (Å²) in [5.74, 6) is -0.0464. The van der Waals surface area contributed by atoms with Gasteiger partial charge in [0, 0.05) is 11.1 Å². The van der Waals surface area contributed by atoms with Crippen LogP contribution in [0.2, 0.25) is 5.02 Å². The number of aromatic nitrogens is 2. The van der Waals surface area contributed by atoms with Crippen molar-refractivity contribution in [3.63, 3.8) is 0 Å². The first kappa shape index (κ1) is 18.6. The van der Waals surface area contributed by atoms with E-state index in [0.29, 0.717) is 16.3 Å². The highest BCUT2D eigenvalue weighted by atomic mass is 35.5. The lowest BCUT2D eigenvalue weighted by atomic mass is 10.2. The van der Waals surface area contributed by atoms with E-state index in [9.17, 15) is 9.18 Å². The van der Waals surface area contributed by atoms with Crippen molar-refractivity contribution in [3.8, 4) is 5.75 Å². The van der Waals surface area contributed by atoms with E-state index in [4.69, 9.17) is 25.6 Å². The summed E-state index contributed by atoms with van der Waals surface area (Å²) in [4.78, 5) is 15.8. The van der Waals surface area contributed by atoms with Gasteiger partial charge >= 0.3 is 5.97 Å². The molecule has 0 atom stereocenters. The Balaban J connectivity index is 1.47. The molecule has 0 fully saturated rings. The predicted molar refractivity (Wildman–Crippen MR) is 95.3 cm³/mol. The van der Waals surface area contributed by atoms with Gasteiger partial charge in [0.05, 0.1) is 0 Å². The highest BCUT2D eigenvalue weighted by Gasteiger charge is 2.09. The third-order valence-electron chi connectivity index (χ3n) is 3.33. The number of hydrogen-bond donors (Lipinski definition) is 0. The number of nitrogens with zero attached hydrogens (tertiary/aromatic N) is 2. The van der Waals surface area contributed by atoms with E-state index in [1.54, 1.807) is 24.3 Å². The lowest BCUT2D eigenvalue weighted by Crippen LogP contribution is -2.02. The van der Waals surface area contributed by atoms with Gasteiger partial charge in [-0.15, -0.1) is 0 Å². The summed E-state index contributed by atoms with van der Waals surface area (Å²) in [5.41, 5.74) is 0.703. The first-order valence-corrected chi connectivity index (χ1v) is 8.27. The van der Waals surface area contributed by atoms with Gasteiger partial charge in [-0.25, -0.2) is 9.18 Å². The number of benzene rings is 2. The van der Waals surface area contributed by atoms with Crippen LogP contribution >= 0.6 is 11.6 Å². The molecule has 0 radical (unpaired) electrons. The molecule has 138 valence electrons. The molecule has 3 rings (SSSR count). The van der Waals surface area contributed by atoms with Crippen LogP contribution < -0.4 is 4.74 Å². The number of ether oxygens (including phenoxy) is 2. The molecule has 0 bridgehead atoms. The Bertz CT molecular complexity index is 941. The van der Waals surface area contributed by atoms with Crippen molar-refractivity contribution in [1.82, 2.24) is 10.1 Å². The van der Waals surface area contributed by atoms with Gasteiger partial charge in [-0.2, -0.15) is 4.98 Å². The fourth-order valence-electron chi connectivity index (χ4n) is 2.04. The van der Waals surface area contributed by atoms with Crippen molar-refractivity contribution >= 4 is 23.6 Å². The Kier molecular flexibility index (Phi) is 6.17. The Morgan fingerprint density at radius 1 is 1.15 bits per heavy atom. The SMILES string of the molecule is O=C(/C=C/c1ccccc1Cl)OCc1nc(COc2ccc(F)cc2)no1. The van der Waals surface area contributed by atoms with E-state index in [1.165, 1.54) is 30.3 Å². The van der Waals surface area contributed by atoms with E-state index >= 15 is 0 Å². The molecular formula is C19H14ClFN2O4. The molecule has 0 unspecified atom stereocenters. The average molecular weight is 389 g/mol. The number of esters is 1. The Morgan fingerprint density at radius 3 is 2.70 bits per heavy atom. The molecule has 1 heterocycles. The summed E-state index contributed by atoms with van der Waals surface area (Å²) in [6.45, 7) is -0.134. The normalized spacial score (nSPS) is 10.9. The van der Waals surface area contributed by atoms with Crippen LogP contribution in [0.5, 0.6) is 5.75 Å². The number of rotatable bonds is 7. The summed E-state index contributed by atoms with van der Waals surface area (Å²) in [6.07, 6.45) is 2.82. The van der Waals surface area contributed by atoms with E-state index in [2.05, 4.69) is 10.1 Å². The second-order valence-electron chi connectivity index (χ2n) is 5.31. The van der Waals surface area contributed by atoms with Crippen molar-refractivity contribution in [2.24, 2.45) is 0 Å². The minimum atomic E-state index is -0.572. The zero-order valence-electron chi connectivity index (χ0n) is 14.0. The molecule has 0 N–H and O–H groups in total. The molecule has 6 nitrogen and oxygen atoms in total. The number of carbonyl (C=O) groups is 1. The quantitative estimate of drug-likeness (QED) is 0.446. The van der Waals surface area contributed by atoms with Crippen molar-refractivity contribution in [2.45, 2.75) is 13.2 Å². The van der Waals surface area contributed by atoms with E-state index in [0.717, 1.165) is 0 Å². The van der Waals surface area contributed by atoms with Crippen molar-refractivity contribution in [2.75, 3.05) is 0 Å². The fourth-order valence-corrected chi connectivity index (χ4v) is 2.23. The van der Waals surface area contributed by atoms with Crippen LogP contribution in [0.3, 0.4) is 0 Å². The molecule has 0 aliphatic rings. The zero-order chi connectivity index (χ0) is 19.1. The van der Waals surface area contributed by atoms with Crippen LogP contribution in [0.1, 0.15) is 17.3 Å². The molecule has 27 heavy (non-hydrogen) atoms. The van der Waals surface area contributed by atoms with E-state index < -0.39 is 5.97 Å². The smallest absolute Gasteiger partial charge is 0.331 e. The van der Waals surface area contributed by atoms with Gasteiger partial charge in [0.25, 0.3) is 5.89 Å². The first-order chi connectivity index (χ1) is 13.1. The standard InChI is InChI=1S/C19H14ClFN2O4/c20-16-4-2-1-3-13(16)5-10-19(24)26-12-18-22-17(23-27-18)11-25-15-8-6-14(21)7-9-15/h1-10H,11-12H2/b10-5+. The summed E-state index contributed by atoms with van der Waals surface area (Å²) < 4.78 is 28.2. The molecule has 0 aliphatic carbocycles. The van der Waals surface area contributed by atoms with Gasteiger partial charge in [-0.1, -0.05) is 35.0 Å². The third kappa shape index (κ3) is 5.65. The van der Waals surface area contributed by atoms with Crippen LogP contribution in [-0.2, 0) is 22.7 Å². The maximum absolute atomic E-state index is 12.8. The molecular weight excluding hydrogens is 375 g/mol. The second-order valence-corrected chi connectivity index (χ2v) is 5.72. The lowest BCUT2D eigenvalue weighted by molar-refractivity contribution is -0.139. The molecule has 0 spiro atoms. The van der Waals surface area contributed by atoms with Gasteiger partial charge < -0.3 is 14.0 Å². The monoisotopic (exact) mass is 388 g/mol. The van der Waals surface area contributed by atoms with Crippen LogP contribution in [0.4, 0.5) is 4.39 Å². The minimum Gasteiger partial charge on any atom is -0.485 e. The van der Waals surface area contributed by atoms with E-state index in [-0.39, 0.29) is 30.7 Å². The molecule has 0 amide bonds. The number of halogens is 2. The Morgan fingerprint density at radius 2 is 1.93 bits per heavy atom. The van der Waals surface area contributed by atoms with Crippen LogP contribution in [0, 0.1) is 5.82 Å². The molecule has 8 heteroatoms. The summed E-state index contributed by atoms with van der Waals surface area (Å²) in [5, 5.41) is 4.25. The zero-order valence-corrected chi connectivity index (χ0v) is 14.7. The maximum Gasteiger partial charge on any atom is 0.331 e. The Labute approximate surface area is 159 Å². The van der Waals surface area contributed by atoms with E-state index in [1.807, 2.05) is 6.07 Å². The van der Waals surface area contributed by atoms with Gasteiger partial charge in [-0.05, 0) is 42.0 Å². The molecule has 0 saturated carbocycles. The molecule has 1 aromatic heterocycles. The summed E-state index contributed by atoms with van der Waals surface area (Å²) in [6, 6.07) is 12.7. The number of carbonyl (C=O) groups excluding carboxylic acids is 1. The fraction of sp³-hybridized carbons (Fsp3) is 0.105. The van der Waals surface area contributed by atoms with Gasteiger partial charge in [-0.3, -0.25) is 0 Å². The predicted octanol–water partition coefficient (Wildman–Crippen LogP) is 4.20. The first-order valence-electron chi connectivity index (χ1n) is 7.89.